The lowest BCUT2D eigenvalue weighted by Gasteiger charge is -2.23. The molecule has 0 aromatic heterocycles. The average molecular weight is 260 g/mol. The SMILES string of the molecule is COCC(N)C(CO)Oc1cc(Cl)ccc1C. The van der Waals surface area contributed by atoms with Crippen LogP contribution in [0.4, 0.5) is 0 Å². The van der Waals surface area contributed by atoms with E-state index < -0.39 is 6.10 Å². The molecule has 17 heavy (non-hydrogen) atoms. The van der Waals surface area contributed by atoms with Crippen molar-refractivity contribution in [2.75, 3.05) is 20.3 Å². The van der Waals surface area contributed by atoms with Gasteiger partial charge < -0.3 is 20.3 Å². The van der Waals surface area contributed by atoms with Gasteiger partial charge in [-0.25, -0.2) is 0 Å². The van der Waals surface area contributed by atoms with Gasteiger partial charge >= 0.3 is 0 Å². The lowest BCUT2D eigenvalue weighted by molar-refractivity contribution is 0.0601. The van der Waals surface area contributed by atoms with E-state index in [2.05, 4.69) is 0 Å². The van der Waals surface area contributed by atoms with E-state index in [0.717, 1.165) is 5.56 Å². The molecule has 0 heterocycles. The highest BCUT2D eigenvalue weighted by Crippen LogP contribution is 2.23. The lowest BCUT2D eigenvalue weighted by atomic mass is 10.2. The molecule has 0 aliphatic heterocycles. The number of hydrogen-bond acceptors (Lipinski definition) is 4. The van der Waals surface area contributed by atoms with Crippen LogP contribution in [-0.2, 0) is 4.74 Å². The topological polar surface area (TPSA) is 64.7 Å². The number of rotatable bonds is 6. The summed E-state index contributed by atoms with van der Waals surface area (Å²) in [4.78, 5) is 0. The molecule has 1 aromatic rings. The van der Waals surface area contributed by atoms with E-state index >= 15 is 0 Å². The highest BCUT2D eigenvalue weighted by molar-refractivity contribution is 6.30. The average Bonchev–Trinajstić information content (AvgIpc) is 2.30. The number of nitrogens with two attached hydrogens (primary N) is 1. The molecular weight excluding hydrogens is 242 g/mol. The molecule has 0 saturated carbocycles. The highest BCUT2D eigenvalue weighted by Gasteiger charge is 2.19. The number of benzene rings is 1. The van der Waals surface area contributed by atoms with Crippen molar-refractivity contribution in [3.8, 4) is 5.75 Å². The fraction of sp³-hybridized carbons (Fsp3) is 0.500. The van der Waals surface area contributed by atoms with Crippen molar-refractivity contribution in [2.24, 2.45) is 5.73 Å². The van der Waals surface area contributed by atoms with Crippen LogP contribution in [0.15, 0.2) is 18.2 Å². The summed E-state index contributed by atoms with van der Waals surface area (Å²) in [7, 11) is 1.55. The number of methoxy groups -OCH3 is 1. The van der Waals surface area contributed by atoms with E-state index in [4.69, 9.17) is 26.8 Å². The van der Waals surface area contributed by atoms with Crippen molar-refractivity contribution in [3.05, 3.63) is 28.8 Å². The van der Waals surface area contributed by atoms with E-state index in [9.17, 15) is 5.11 Å². The third-order valence-electron chi connectivity index (χ3n) is 2.45. The summed E-state index contributed by atoms with van der Waals surface area (Å²) < 4.78 is 10.6. The van der Waals surface area contributed by atoms with Crippen LogP contribution in [0.2, 0.25) is 5.02 Å². The molecule has 0 radical (unpaired) electrons. The summed E-state index contributed by atoms with van der Waals surface area (Å²) in [5.74, 6) is 0.628. The first-order valence-electron chi connectivity index (χ1n) is 5.36. The molecule has 0 aliphatic rings. The number of hydrogen-bond donors (Lipinski definition) is 2. The minimum absolute atomic E-state index is 0.170. The highest BCUT2D eigenvalue weighted by atomic mass is 35.5. The second-order valence-corrected chi connectivity index (χ2v) is 4.30. The maximum absolute atomic E-state index is 9.25. The third-order valence-corrected chi connectivity index (χ3v) is 2.68. The first-order valence-corrected chi connectivity index (χ1v) is 5.74. The summed E-state index contributed by atoms with van der Waals surface area (Å²) >= 11 is 5.89. The van der Waals surface area contributed by atoms with E-state index in [1.807, 2.05) is 13.0 Å². The largest absolute Gasteiger partial charge is 0.486 e. The Morgan fingerprint density at radius 2 is 2.18 bits per heavy atom. The molecule has 0 saturated heterocycles. The van der Waals surface area contributed by atoms with Crippen LogP contribution in [0.5, 0.6) is 5.75 Å². The van der Waals surface area contributed by atoms with Crippen LogP contribution in [0.1, 0.15) is 5.56 Å². The van der Waals surface area contributed by atoms with E-state index in [-0.39, 0.29) is 12.6 Å². The number of aliphatic hydroxyl groups is 1. The molecule has 0 spiro atoms. The van der Waals surface area contributed by atoms with Gasteiger partial charge in [-0.3, -0.25) is 0 Å². The quantitative estimate of drug-likeness (QED) is 0.810. The Morgan fingerprint density at radius 1 is 1.47 bits per heavy atom. The Hall–Kier alpha value is -0.810. The zero-order valence-corrected chi connectivity index (χ0v) is 10.8. The Balaban J connectivity index is 2.76. The first kappa shape index (κ1) is 14.3. The molecule has 0 amide bonds. The molecule has 96 valence electrons. The Morgan fingerprint density at radius 3 is 2.76 bits per heavy atom. The van der Waals surface area contributed by atoms with Gasteiger partial charge in [-0.15, -0.1) is 0 Å². The minimum atomic E-state index is -0.507. The maximum atomic E-state index is 9.25. The fourth-order valence-corrected chi connectivity index (χ4v) is 1.59. The zero-order chi connectivity index (χ0) is 12.8. The molecule has 4 nitrogen and oxygen atoms in total. The van der Waals surface area contributed by atoms with Gasteiger partial charge in [0.25, 0.3) is 0 Å². The van der Waals surface area contributed by atoms with Gasteiger partial charge in [-0.05, 0) is 24.6 Å². The molecule has 3 N–H and O–H groups in total. The molecule has 2 unspecified atom stereocenters. The third kappa shape index (κ3) is 4.16. The van der Waals surface area contributed by atoms with E-state index in [0.29, 0.717) is 17.4 Å². The molecule has 0 fully saturated rings. The van der Waals surface area contributed by atoms with Crippen molar-refractivity contribution >= 4 is 11.6 Å². The molecule has 5 heteroatoms. The van der Waals surface area contributed by atoms with Crippen molar-refractivity contribution in [3.63, 3.8) is 0 Å². The van der Waals surface area contributed by atoms with Crippen molar-refractivity contribution in [2.45, 2.75) is 19.1 Å². The Labute approximate surface area is 106 Å². The van der Waals surface area contributed by atoms with E-state index in [1.54, 1.807) is 19.2 Å². The van der Waals surface area contributed by atoms with Gasteiger partial charge in [0.05, 0.1) is 19.3 Å². The Kier molecular flexibility index (Phi) is 5.71. The second-order valence-electron chi connectivity index (χ2n) is 3.87. The molecule has 0 bridgehead atoms. The van der Waals surface area contributed by atoms with Crippen molar-refractivity contribution in [1.29, 1.82) is 0 Å². The van der Waals surface area contributed by atoms with Crippen molar-refractivity contribution < 1.29 is 14.6 Å². The van der Waals surface area contributed by atoms with E-state index in [1.165, 1.54) is 0 Å². The summed E-state index contributed by atoms with van der Waals surface area (Å²) in [5.41, 5.74) is 6.77. The summed E-state index contributed by atoms with van der Waals surface area (Å²) in [6, 6.07) is 4.96. The predicted octanol–water partition coefficient (Wildman–Crippen LogP) is 1.36. The van der Waals surface area contributed by atoms with Crippen LogP contribution >= 0.6 is 11.6 Å². The summed E-state index contributed by atoms with van der Waals surface area (Å²) in [5, 5.41) is 9.84. The fourth-order valence-electron chi connectivity index (χ4n) is 1.42. The number of aryl methyl sites for hydroxylation is 1. The van der Waals surface area contributed by atoms with Gasteiger partial charge in [-0.1, -0.05) is 17.7 Å². The number of halogens is 1. The van der Waals surface area contributed by atoms with Crippen LogP contribution in [0, 0.1) is 6.92 Å². The molecule has 2 atom stereocenters. The minimum Gasteiger partial charge on any atom is -0.486 e. The molecule has 1 rings (SSSR count). The van der Waals surface area contributed by atoms with Gasteiger partial charge in [0.2, 0.25) is 0 Å². The zero-order valence-electron chi connectivity index (χ0n) is 10.0. The smallest absolute Gasteiger partial charge is 0.139 e. The van der Waals surface area contributed by atoms with Gasteiger partial charge in [0.1, 0.15) is 11.9 Å². The summed E-state index contributed by atoms with van der Waals surface area (Å²) in [6.07, 6.45) is -0.507. The van der Waals surface area contributed by atoms with Crippen LogP contribution in [0.3, 0.4) is 0 Å². The Bertz CT molecular complexity index is 360. The monoisotopic (exact) mass is 259 g/mol. The first-order chi connectivity index (χ1) is 8.08. The molecule has 1 aromatic carbocycles. The number of aliphatic hydroxyl groups excluding tert-OH is 1. The second kappa shape index (κ2) is 6.81. The van der Waals surface area contributed by atoms with Crippen LogP contribution in [0.25, 0.3) is 0 Å². The van der Waals surface area contributed by atoms with Crippen LogP contribution in [-0.4, -0.2) is 37.6 Å². The van der Waals surface area contributed by atoms with Gasteiger partial charge in [0.15, 0.2) is 0 Å². The van der Waals surface area contributed by atoms with Crippen molar-refractivity contribution in [1.82, 2.24) is 0 Å². The maximum Gasteiger partial charge on any atom is 0.139 e. The van der Waals surface area contributed by atoms with Gasteiger partial charge in [0, 0.05) is 12.1 Å². The van der Waals surface area contributed by atoms with Crippen LogP contribution < -0.4 is 10.5 Å². The predicted molar refractivity (Wildman–Crippen MR) is 67.5 cm³/mol. The van der Waals surface area contributed by atoms with Gasteiger partial charge in [-0.2, -0.15) is 0 Å². The standard InChI is InChI=1S/C12H18ClNO3/c1-8-3-4-9(13)5-11(8)17-12(6-15)10(14)7-16-2/h3-5,10,12,15H,6-7,14H2,1-2H3. The molecule has 0 aliphatic carbocycles. The lowest BCUT2D eigenvalue weighted by Crippen LogP contribution is -2.44. The summed E-state index contributed by atoms with van der Waals surface area (Å²) in [6.45, 7) is 2.06. The molecular formula is C12H18ClNO3. The normalized spacial score (nSPS) is 14.4. The number of ether oxygens (including phenoxy) is 2.